The third kappa shape index (κ3) is 3.60. The maximum Gasteiger partial charge on any atom is 0.416 e. The molecule has 27 heavy (non-hydrogen) atoms. The average Bonchev–Trinajstić information content (AvgIpc) is 2.93. The summed E-state index contributed by atoms with van der Waals surface area (Å²) < 4.78 is 53.4. The number of nitrogens with one attached hydrogen (secondary N) is 1. The van der Waals surface area contributed by atoms with Crippen LogP contribution in [0.5, 0.6) is 5.75 Å². The average molecular weight is 386 g/mol. The molecule has 2 saturated heterocycles. The topological polar surface area (TPSA) is 77.1 Å². The van der Waals surface area contributed by atoms with Crippen molar-refractivity contribution in [2.75, 3.05) is 19.7 Å². The van der Waals surface area contributed by atoms with Gasteiger partial charge in [0.25, 0.3) is 0 Å². The van der Waals surface area contributed by atoms with Gasteiger partial charge in [0, 0.05) is 12.8 Å². The summed E-state index contributed by atoms with van der Waals surface area (Å²) in [5, 5.41) is 2.68. The van der Waals surface area contributed by atoms with Crippen LogP contribution in [0.3, 0.4) is 0 Å². The minimum absolute atomic E-state index is 0.204. The fourth-order valence-electron chi connectivity index (χ4n) is 3.32. The van der Waals surface area contributed by atoms with Crippen molar-refractivity contribution in [1.29, 1.82) is 0 Å². The van der Waals surface area contributed by atoms with Gasteiger partial charge in [0.15, 0.2) is 0 Å². The van der Waals surface area contributed by atoms with Gasteiger partial charge in [-0.3, -0.25) is 0 Å². The van der Waals surface area contributed by atoms with Crippen LogP contribution in [0, 0.1) is 0 Å². The number of alkyl halides is 3. The van der Waals surface area contributed by atoms with Gasteiger partial charge in [-0.2, -0.15) is 13.2 Å². The van der Waals surface area contributed by atoms with E-state index in [4.69, 9.17) is 14.2 Å². The number of nitrogens with zero attached hydrogens (tertiary/aromatic N) is 1. The van der Waals surface area contributed by atoms with Crippen molar-refractivity contribution in [3.05, 3.63) is 29.8 Å². The normalized spacial score (nSPS) is 25.9. The molecule has 2 heterocycles. The molecule has 0 radical (unpaired) electrons. The summed E-state index contributed by atoms with van der Waals surface area (Å²) in [6, 6.07) is 4.49. The maximum atomic E-state index is 12.5. The number of rotatable bonds is 3. The summed E-state index contributed by atoms with van der Waals surface area (Å²) >= 11 is 0. The van der Waals surface area contributed by atoms with E-state index in [0.29, 0.717) is 31.7 Å². The SMILES string of the molecule is O=C1NC2(CO1)CN(C(=O)OC1CC(Oc3ccc(C(F)(F)F)cc3)C1)C2. The Hall–Kier alpha value is -2.65. The molecular weight excluding hydrogens is 369 g/mol. The minimum Gasteiger partial charge on any atom is -0.490 e. The van der Waals surface area contributed by atoms with Crippen LogP contribution in [0.2, 0.25) is 0 Å². The Morgan fingerprint density at radius 1 is 1.19 bits per heavy atom. The van der Waals surface area contributed by atoms with E-state index in [1.165, 1.54) is 17.0 Å². The zero-order chi connectivity index (χ0) is 19.2. The van der Waals surface area contributed by atoms with Crippen molar-refractivity contribution < 1.29 is 37.0 Å². The van der Waals surface area contributed by atoms with Crippen molar-refractivity contribution in [2.45, 2.75) is 36.8 Å². The number of ether oxygens (including phenoxy) is 3. The van der Waals surface area contributed by atoms with Gasteiger partial charge < -0.3 is 24.4 Å². The lowest BCUT2D eigenvalue weighted by Gasteiger charge is -2.46. The van der Waals surface area contributed by atoms with E-state index in [1.54, 1.807) is 0 Å². The summed E-state index contributed by atoms with van der Waals surface area (Å²) in [7, 11) is 0. The third-order valence-corrected chi connectivity index (χ3v) is 4.90. The Kier molecular flexibility index (Phi) is 4.08. The summed E-state index contributed by atoms with van der Waals surface area (Å²) in [4.78, 5) is 24.6. The van der Waals surface area contributed by atoms with E-state index < -0.39 is 29.5 Å². The van der Waals surface area contributed by atoms with Crippen LogP contribution < -0.4 is 10.1 Å². The first-order valence-electron chi connectivity index (χ1n) is 8.47. The number of cyclic esters (lactones) is 1. The van der Waals surface area contributed by atoms with Gasteiger partial charge in [0.1, 0.15) is 30.1 Å². The lowest BCUT2D eigenvalue weighted by molar-refractivity contribution is -0.137. The van der Waals surface area contributed by atoms with Gasteiger partial charge in [0.2, 0.25) is 0 Å². The highest BCUT2D eigenvalue weighted by Gasteiger charge is 2.52. The number of likely N-dealkylation sites (tertiary alicyclic amines) is 1. The second kappa shape index (κ2) is 6.21. The highest BCUT2D eigenvalue weighted by atomic mass is 19.4. The van der Waals surface area contributed by atoms with Crippen LogP contribution in [0.1, 0.15) is 18.4 Å². The van der Waals surface area contributed by atoms with E-state index in [-0.39, 0.29) is 18.8 Å². The lowest BCUT2D eigenvalue weighted by Crippen LogP contribution is -2.70. The Morgan fingerprint density at radius 2 is 1.85 bits per heavy atom. The largest absolute Gasteiger partial charge is 0.490 e. The van der Waals surface area contributed by atoms with E-state index in [9.17, 15) is 22.8 Å². The van der Waals surface area contributed by atoms with Crippen molar-refractivity contribution in [3.63, 3.8) is 0 Å². The van der Waals surface area contributed by atoms with E-state index in [1.807, 2.05) is 0 Å². The van der Waals surface area contributed by atoms with E-state index in [2.05, 4.69) is 5.32 Å². The molecule has 146 valence electrons. The molecule has 0 atom stereocenters. The highest BCUT2D eigenvalue weighted by Crippen LogP contribution is 2.33. The molecule has 3 fully saturated rings. The van der Waals surface area contributed by atoms with E-state index in [0.717, 1.165) is 12.1 Å². The Morgan fingerprint density at radius 3 is 2.41 bits per heavy atom. The van der Waals surface area contributed by atoms with E-state index >= 15 is 0 Å². The van der Waals surface area contributed by atoms with Crippen LogP contribution in [-0.4, -0.2) is 54.5 Å². The second-order valence-electron chi connectivity index (χ2n) is 7.08. The first kappa shape index (κ1) is 17.7. The number of amides is 2. The van der Waals surface area contributed by atoms with Crippen LogP contribution >= 0.6 is 0 Å². The summed E-state index contributed by atoms with van der Waals surface area (Å²) in [6.45, 7) is 0.924. The number of benzene rings is 1. The van der Waals surface area contributed by atoms with Crippen molar-refractivity contribution in [2.24, 2.45) is 0 Å². The number of hydrogen-bond donors (Lipinski definition) is 1. The lowest BCUT2D eigenvalue weighted by atomic mass is 9.91. The number of carbonyl (C=O) groups is 2. The molecule has 2 aliphatic heterocycles. The maximum absolute atomic E-state index is 12.5. The Bertz CT molecular complexity index is 740. The van der Waals surface area contributed by atoms with Gasteiger partial charge in [-0.1, -0.05) is 0 Å². The van der Waals surface area contributed by atoms with Gasteiger partial charge in [-0.25, -0.2) is 9.59 Å². The zero-order valence-corrected chi connectivity index (χ0v) is 14.1. The van der Waals surface area contributed by atoms with Crippen LogP contribution in [0.4, 0.5) is 22.8 Å². The molecule has 4 rings (SSSR count). The summed E-state index contributed by atoms with van der Waals surface area (Å²) in [5.41, 5.74) is -1.23. The molecule has 0 bridgehead atoms. The first-order valence-corrected chi connectivity index (χ1v) is 8.47. The number of halogens is 3. The predicted molar refractivity (Wildman–Crippen MR) is 84.2 cm³/mol. The van der Waals surface area contributed by atoms with Crippen LogP contribution in [-0.2, 0) is 15.7 Å². The second-order valence-corrected chi connectivity index (χ2v) is 7.08. The smallest absolute Gasteiger partial charge is 0.416 e. The van der Waals surface area contributed by atoms with Crippen LogP contribution in [0.25, 0.3) is 0 Å². The molecule has 1 spiro atoms. The third-order valence-electron chi connectivity index (χ3n) is 4.90. The van der Waals surface area contributed by atoms with Crippen molar-refractivity contribution >= 4 is 12.2 Å². The molecule has 0 unspecified atom stereocenters. The van der Waals surface area contributed by atoms with Crippen LogP contribution in [0.15, 0.2) is 24.3 Å². The molecule has 7 nitrogen and oxygen atoms in total. The molecule has 1 aliphatic carbocycles. The van der Waals surface area contributed by atoms with Crippen molar-refractivity contribution in [3.8, 4) is 5.75 Å². The summed E-state index contributed by atoms with van der Waals surface area (Å²) in [5.74, 6) is 0.347. The molecule has 3 aliphatic rings. The minimum atomic E-state index is -4.38. The quantitative estimate of drug-likeness (QED) is 0.864. The first-order chi connectivity index (χ1) is 12.7. The molecule has 1 N–H and O–H groups in total. The predicted octanol–water partition coefficient (Wildman–Crippen LogP) is 2.55. The number of alkyl carbamates (subject to hydrolysis) is 1. The van der Waals surface area contributed by atoms with Gasteiger partial charge in [-0.05, 0) is 24.3 Å². The Labute approximate surface area is 152 Å². The molecule has 0 aromatic heterocycles. The molecule has 1 aromatic carbocycles. The van der Waals surface area contributed by atoms with Gasteiger partial charge >= 0.3 is 18.4 Å². The zero-order valence-electron chi connectivity index (χ0n) is 14.1. The van der Waals surface area contributed by atoms with Gasteiger partial charge in [-0.15, -0.1) is 0 Å². The fourth-order valence-corrected chi connectivity index (χ4v) is 3.32. The van der Waals surface area contributed by atoms with Gasteiger partial charge in [0.05, 0.1) is 18.7 Å². The van der Waals surface area contributed by atoms with Crippen molar-refractivity contribution in [1.82, 2.24) is 10.2 Å². The molecular formula is C17H17F3N2O5. The Balaban J connectivity index is 1.18. The standard InChI is InChI=1S/C17H17F3N2O5/c18-17(19,20)10-1-3-11(4-2-10)26-12-5-13(6-12)27-15(24)22-7-16(8-22)9-25-14(23)21-16/h1-4,12-13H,5-9H2,(H,21,23). The summed E-state index contributed by atoms with van der Waals surface area (Å²) in [6.07, 6.45) is -4.85. The molecule has 1 saturated carbocycles. The molecule has 10 heteroatoms. The monoisotopic (exact) mass is 386 g/mol. The fraction of sp³-hybridized carbons (Fsp3) is 0.529. The molecule has 1 aromatic rings. The number of carbonyl (C=O) groups excluding carboxylic acids is 2. The highest BCUT2D eigenvalue weighted by molar-refractivity contribution is 5.74. The molecule has 2 amide bonds. The number of hydrogen-bond acceptors (Lipinski definition) is 5.